The van der Waals surface area contributed by atoms with Crippen LogP contribution >= 0.6 is 23.2 Å². The molecule has 16 heteroatoms. The Hall–Kier alpha value is -4.50. The fourth-order valence-electron chi connectivity index (χ4n) is 5.69. The lowest BCUT2D eigenvalue weighted by molar-refractivity contribution is -0.124. The average molecular weight is 729 g/mol. The molecule has 5 rings (SSSR count). The number of hydrogen-bond donors (Lipinski definition) is 4. The Bertz CT molecular complexity index is 2050. The number of hydrogen-bond acceptors (Lipinski definition) is 8. The lowest BCUT2D eigenvalue weighted by atomic mass is 10.1. The van der Waals surface area contributed by atoms with E-state index in [1.807, 2.05) is 0 Å². The fraction of sp³-hybridized carbons (Fsp3) is 0.303. The molecule has 1 aliphatic heterocycles. The van der Waals surface area contributed by atoms with Crippen LogP contribution in [0.15, 0.2) is 59.6 Å². The van der Waals surface area contributed by atoms with Crippen molar-refractivity contribution < 1.29 is 27.5 Å². The standard InChI is InChI=1S/C33H35Cl2N7O6S/c1-19-29(20(2)43)41-16-4-7-26(31(41)40-19)48-18-23-24(34)12-13-27(28(23)35)49(46,47)42-17-3-6-25(42)33(45)39-15-5-14-38-32(44)22-10-8-21(9-11-22)30(36)37/h4,7-13,16,25H,3,5-6,14-15,17-18H2,1-2H3,(H3,36,37)(H,38,44)(H,39,45)/t25-/m0/s1. The van der Waals surface area contributed by atoms with Gasteiger partial charge in [0.05, 0.1) is 10.7 Å². The number of ketones is 1. The topological polar surface area (TPSA) is 189 Å². The lowest BCUT2D eigenvalue weighted by Crippen LogP contribution is -2.46. The first-order valence-corrected chi connectivity index (χ1v) is 17.6. The highest BCUT2D eigenvalue weighted by molar-refractivity contribution is 7.89. The number of imidazole rings is 1. The summed E-state index contributed by atoms with van der Waals surface area (Å²) < 4.78 is 36.6. The number of amides is 2. The zero-order valence-electron chi connectivity index (χ0n) is 26.8. The number of carbonyl (C=O) groups excluding carboxylic acids is 3. The summed E-state index contributed by atoms with van der Waals surface area (Å²) in [7, 11) is -4.22. The minimum atomic E-state index is -4.22. The molecule has 2 amide bonds. The summed E-state index contributed by atoms with van der Waals surface area (Å²) in [6.45, 7) is 3.61. The number of sulfonamides is 1. The number of nitrogens with one attached hydrogen (secondary N) is 3. The minimum Gasteiger partial charge on any atom is -0.485 e. The van der Waals surface area contributed by atoms with Crippen LogP contribution in [-0.2, 0) is 21.4 Å². The highest BCUT2D eigenvalue weighted by Crippen LogP contribution is 2.36. The van der Waals surface area contributed by atoms with E-state index < -0.39 is 22.0 Å². The van der Waals surface area contributed by atoms with E-state index in [1.165, 1.54) is 19.1 Å². The van der Waals surface area contributed by atoms with Crippen molar-refractivity contribution in [1.82, 2.24) is 24.3 Å². The summed E-state index contributed by atoms with van der Waals surface area (Å²) in [5.41, 5.74) is 7.97. The van der Waals surface area contributed by atoms with Crippen LogP contribution in [0.5, 0.6) is 5.75 Å². The Morgan fingerprint density at radius 1 is 1.06 bits per heavy atom. The van der Waals surface area contributed by atoms with Crippen molar-refractivity contribution in [3.8, 4) is 5.75 Å². The Labute approximate surface area is 293 Å². The van der Waals surface area contributed by atoms with E-state index >= 15 is 0 Å². The molecule has 13 nitrogen and oxygen atoms in total. The lowest BCUT2D eigenvalue weighted by Gasteiger charge is -2.24. The number of Topliss-reactive ketones (excluding diaryl/α,β-unsaturated/α-hetero) is 1. The molecule has 1 saturated heterocycles. The number of halogens is 2. The van der Waals surface area contributed by atoms with Crippen molar-refractivity contribution in [3.05, 3.63) is 92.9 Å². The number of rotatable bonds is 13. The zero-order valence-corrected chi connectivity index (χ0v) is 29.1. The summed E-state index contributed by atoms with van der Waals surface area (Å²) in [4.78, 5) is 42.0. The van der Waals surface area contributed by atoms with Crippen molar-refractivity contribution >= 4 is 62.3 Å². The summed E-state index contributed by atoms with van der Waals surface area (Å²) >= 11 is 13.1. The SMILES string of the molecule is CC(=O)c1c(C)nc2c(OCc3c(Cl)ccc(S(=O)(=O)N4CCC[C@H]4C(=O)NCCCNC(=O)c4ccc(C(=N)N)cc4)c3Cl)cccn12. The van der Waals surface area contributed by atoms with Crippen molar-refractivity contribution in [2.24, 2.45) is 5.73 Å². The van der Waals surface area contributed by atoms with Crippen LogP contribution in [-0.4, -0.2) is 71.2 Å². The smallest absolute Gasteiger partial charge is 0.251 e. The summed E-state index contributed by atoms with van der Waals surface area (Å²) in [6.07, 6.45) is 2.92. The maximum atomic E-state index is 13.9. The Morgan fingerprint density at radius 3 is 2.45 bits per heavy atom. The highest BCUT2D eigenvalue weighted by Gasteiger charge is 2.40. The van der Waals surface area contributed by atoms with Gasteiger partial charge >= 0.3 is 0 Å². The van der Waals surface area contributed by atoms with Crippen LogP contribution in [0.4, 0.5) is 0 Å². The first-order valence-electron chi connectivity index (χ1n) is 15.4. The van der Waals surface area contributed by atoms with Crippen molar-refractivity contribution in [2.45, 2.75) is 50.7 Å². The van der Waals surface area contributed by atoms with Gasteiger partial charge in [0, 0.05) is 54.5 Å². The monoisotopic (exact) mass is 727 g/mol. The summed E-state index contributed by atoms with van der Waals surface area (Å²) in [5.74, 6) is -0.662. The maximum absolute atomic E-state index is 13.9. The third-order valence-corrected chi connectivity index (χ3v) is 11.0. The van der Waals surface area contributed by atoms with Crippen molar-refractivity contribution in [3.63, 3.8) is 0 Å². The number of aromatic nitrogens is 2. The van der Waals surface area contributed by atoms with Gasteiger partial charge in [-0.05, 0) is 62.6 Å². The number of nitrogen functional groups attached to an aromatic ring is 1. The highest BCUT2D eigenvalue weighted by atomic mass is 35.5. The molecular formula is C33H35Cl2N7O6S. The molecule has 1 fully saturated rings. The number of aryl methyl sites for hydroxylation is 1. The second-order valence-electron chi connectivity index (χ2n) is 11.5. The van der Waals surface area contributed by atoms with E-state index in [1.54, 1.807) is 53.9 Å². The van der Waals surface area contributed by atoms with E-state index in [9.17, 15) is 22.8 Å². The predicted octanol–water partition coefficient (Wildman–Crippen LogP) is 4.10. The van der Waals surface area contributed by atoms with E-state index in [0.717, 1.165) is 4.31 Å². The molecule has 258 valence electrons. The van der Waals surface area contributed by atoms with Crippen LogP contribution in [0.1, 0.15) is 63.9 Å². The fourth-order valence-corrected chi connectivity index (χ4v) is 8.21. The quantitative estimate of drug-likeness (QED) is 0.0685. The van der Waals surface area contributed by atoms with Crippen LogP contribution in [0.3, 0.4) is 0 Å². The van der Waals surface area contributed by atoms with E-state index in [-0.39, 0.29) is 64.3 Å². The largest absolute Gasteiger partial charge is 0.485 e. The third-order valence-electron chi connectivity index (χ3n) is 8.13. The molecule has 0 saturated carbocycles. The number of amidine groups is 1. The predicted molar refractivity (Wildman–Crippen MR) is 185 cm³/mol. The molecule has 0 radical (unpaired) electrons. The first kappa shape index (κ1) is 35.8. The molecule has 49 heavy (non-hydrogen) atoms. The summed E-state index contributed by atoms with van der Waals surface area (Å²) in [6, 6.07) is 11.5. The van der Waals surface area contributed by atoms with Gasteiger partial charge in [0.1, 0.15) is 29.1 Å². The van der Waals surface area contributed by atoms with Gasteiger partial charge in [-0.3, -0.25) is 24.2 Å². The minimum absolute atomic E-state index is 0.0934. The molecule has 2 aromatic heterocycles. The molecule has 1 atom stereocenters. The van der Waals surface area contributed by atoms with Gasteiger partial charge in [0.2, 0.25) is 15.9 Å². The first-order chi connectivity index (χ1) is 23.3. The number of nitrogens with two attached hydrogens (primary N) is 1. The molecule has 2 aromatic carbocycles. The Kier molecular flexibility index (Phi) is 10.9. The molecule has 0 unspecified atom stereocenters. The number of nitrogens with zero attached hydrogens (tertiary/aromatic N) is 3. The van der Waals surface area contributed by atoms with E-state index in [4.69, 9.17) is 39.1 Å². The molecule has 1 aliphatic rings. The molecule has 0 aliphatic carbocycles. The molecule has 4 aromatic rings. The Balaban J connectivity index is 1.22. The third kappa shape index (κ3) is 7.57. The Morgan fingerprint density at radius 2 is 1.76 bits per heavy atom. The molecule has 0 bridgehead atoms. The number of carbonyl (C=O) groups is 3. The second kappa shape index (κ2) is 14.9. The molecule has 5 N–H and O–H groups in total. The van der Waals surface area contributed by atoms with Gasteiger partial charge in [-0.15, -0.1) is 0 Å². The number of ether oxygens (including phenoxy) is 1. The van der Waals surface area contributed by atoms with E-state index in [0.29, 0.717) is 53.2 Å². The number of fused-ring (bicyclic) bond motifs is 1. The van der Waals surface area contributed by atoms with Crippen LogP contribution in [0.25, 0.3) is 5.65 Å². The number of benzene rings is 2. The second-order valence-corrected chi connectivity index (χ2v) is 14.1. The van der Waals surface area contributed by atoms with Crippen LogP contribution in [0, 0.1) is 12.3 Å². The molecule has 0 spiro atoms. The average Bonchev–Trinajstić information content (AvgIpc) is 3.70. The number of pyridine rings is 1. The van der Waals surface area contributed by atoms with Gasteiger partial charge < -0.3 is 21.1 Å². The zero-order chi connectivity index (χ0) is 35.5. The van der Waals surface area contributed by atoms with Gasteiger partial charge in [-0.1, -0.05) is 35.3 Å². The van der Waals surface area contributed by atoms with Gasteiger partial charge in [0.25, 0.3) is 5.91 Å². The maximum Gasteiger partial charge on any atom is 0.251 e. The van der Waals surface area contributed by atoms with Gasteiger partial charge in [0.15, 0.2) is 17.2 Å². The summed E-state index contributed by atoms with van der Waals surface area (Å²) in [5, 5.41) is 13.0. The van der Waals surface area contributed by atoms with Crippen LogP contribution < -0.4 is 21.1 Å². The molecule has 3 heterocycles. The van der Waals surface area contributed by atoms with Crippen molar-refractivity contribution in [2.75, 3.05) is 19.6 Å². The van der Waals surface area contributed by atoms with Gasteiger partial charge in [-0.25, -0.2) is 13.4 Å². The molecular weight excluding hydrogens is 693 g/mol. The van der Waals surface area contributed by atoms with Crippen LogP contribution in [0.2, 0.25) is 10.0 Å². The normalized spacial score (nSPS) is 14.9. The van der Waals surface area contributed by atoms with Crippen molar-refractivity contribution in [1.29, 1.82) is 5.41 Å². The van der Waals surface area contributed by atoms with Gasteiger partial charge in [-0.2, -0.15) is 4.31 Å². The van der Waals surface area contributed by atoms with E-state index in [2.05, 4.69) is 15.6 Å².